The molecule has 1 N–H and O–H groups in total. The first-order valence-electron chi connectivity index (χ1n) is 8.81. The normalized spacial score (nSPS) is 16.9. The van der Waals surface area contributed by atoms with Gasteiger partial charge in [0.25, 0.3) is 5.91 Å². The van der Waals surface area contributed by atoms with Crippen molar-refractivity contribution in [1.29, 1.82) is 0 Å². The van der Waals surface area contributed by atoms with Crippen molar-refractivity contribution < 1.29 is 4.79 Å². The summed E-state index contributed by atoms with van der Waals surface area (Å²) in [6.45, 7) is 2.09. The molecular formula is C20H21N3OS2. The second kappa shape index (κ2) is 7.37. The molecule has 0 radical (unpaired) electrons. The molecule has 3 heterocycles. The molecule has 1 amide bonds. The predicted octanol–water partition coefficient (Wildman–Crippen LogP) is 4.32. The molecule has 0 spiro atoms. The van der Waals surface area contributed by atoms with E-state index in [1.54, 1.807) is 18.4 Å². The number of carbonyl (C=O) groups is 1. The minimum atomic E-state index is -0.178. The number of nitrogens with one attached hydrogen (secondary N) is 1. The minimum absolute atomic E-state index is 0.178. The molecule has 1 aliphatic rings. The van der Waals surface area contributed by atoms with E-state index in [2.05, 4.69) is 52.8 Å². The highest BCUT2D eigenvalue weighted by Gasteiger charge is 2.22. The summed E-state index contributed by atoms with van der Waals surface area (Å²) >= 11 is 3.64. The van der Waals surface area contributed by atoms with Crippen LogP contribution in [0, 0.1) is 12.8 Å². The number of thiophene rings is 1. The van der Waals surface area contributed by atoms with Crippen LogP contribution in [0.1, 0.15) is 28.2 Å². The van der Waals surface area contributed by atoms with Crippen LogP contribution < -0.4 is 5.32 Å². The second-order valence-electron chi connectivity index (χ2n) is 6.73. The highest BCUT2D eigenvalue weighted by Crippen LogP contribution is 2.37. The van der Waals surface area contributed by atoms with Crippen LogP contribution >= 0.6 is 23.1 Å². The lowest BCUT2D eigenvalue weighted by Gasteiger charge is -2.09. The Kier molecular flexibility index (Phi) is 4.96. The number of hydrogen-bond donors (Lipinski definition) is 1. The molecule has 1 unspecified atom stereocenters. The van der Waals surface area contributed by atoms with Gasteiger partial charge in [0.15, 0.2) is 5.69 Å². The first kappa shape index (κ1) is 17.5. The number of hydrogen-bond acceptors (Lipinski definition) is 5. The lowest BCUT2D eigenvalue weighted by atomic mass is 10.0. The van der Waals surface area contributed by atoms with Crippen LogP contribution in [0.4, 0.5) is 0 Å². The number of aryl methyl sites for hydroxylation is 1. The topological polar surface area (TPSA) is 54.9 Å². The molecule has 4 rings (SSSR count). The van der Waals surface area contributed by atoms with E-state index in [9.17, 15) is 4.79 Å². The van der Waals surface area contributed by atoms with Gasteiger partial charge in [0.05, 0.1) is 10.4 Å². The van der Waals surface area contributed by atoms with Crippen LogP contribution in [0.2, 0.25) is 0 Å². The Bertz CT molecular complexity index is 944. The van der Waals surface area contributed by atoms with Gasteiger partial charge in [0.2, 0.25) is 0 Å². The van der Waals surface area contributed by atoms with E-state index in [0.717, 1.165) is 27.1 Å². The fraction of sp³-hybridized carbons (Fsp3) is 0.350. The zero-order valence-corrected chi connectivity index (χ0v) is 16.5. The molecule has 1 aliphatic heterocycles. The van der Waals surface area contributed by atoms with Crippen molar-refractivity contribution in [1.82, 2.24) is 15.5 Å². The number of nitrogens with zero attached hydrogens (tertiary/aromatic N) is 2. The van der Waals surface area contributed by atoms with Gasteiger partial charge in [-0.25, -0.2) is 0 Å². The highest BCUT2D eigenvalue weighted by molar-refractivity contribution is 7.99. The van der Waals surface area contributed by atoms with Crippen LogP contribution in [0.5, 0.6) is 0 Å². The monoisotopic (exact) mass is 383 g/mol. The van der Waals surface area contributed by atoms with E-state index >= 15 is 0 Å². The number of fused-ring (bicyclic) bond motifs is 1. The molecule has 4 nitrogen and oxygen atoms in total. The summed E-state index contributed by atoms with van der Waals surface area (Å²) in [5, 5.41) is 12.5. The summed E-state index contributed by atoms with van der Waals surface area (Å²) in [7, 11) is 1.63. The van der Waals surface area contributed by atoms with Gasteiger partial charge < -0.3 is 5.32 Å². The Morgan fingerprint density at radius 1 is 1.27 bits per heavy atom. The van der Waals surface area contributed by atoms with Crippen molar-refractivity contribution >= 4 is 39.1 Å². The van der Waals surface area contributed by atoms with Gasteiger partial charge >= 0.3 is 0 Å². The average molecular weight is 384 g/mol. The largest absolute Gasteiger partial charge is 0.354 e. The molecule has 6 heteroatoms. The third-order valence-corrected chi connectivity index (χ3v) is 7.24. The van der Waals surface area contributed by atoms with Crippen molar-refractivity contribution in [2.24, 2.45) is 5.92 Å². The van der Waals surface area contributed by atoms with Crippen LogP contribution in [0.3, 0.4) is 0 Å². The Morgan fingerprint density at radius 3 is 2.77 bits per heavy atom. The number of thioether (sulfide) groups is 1. The van der Waals surface area contributed by atoms with Crippen molar-refractivity contribution in [2.45, 2.75) is 19.8 Å². The average Bonchev–Trinajstić information content (AvgIpc) is 3.32. The van der Waals surface area contributed by atoms with Crippen molar-refractivity contribution in [3.8, 4) is 10.4 Å². The zero-order valence-electron chi connectivity index (χ0n) is 14.9. The summed E-state index contributed by atoms with van der Waals surface area (Å²) in [5.74, 6) is 2.90. The van der Waals surface area contributed by atoms with E-state index in [1.807, 2.05) is 11.8 Å². The Morgan fingerprint density at radius 2 is 2.08 bits per heavy atom. The SMILES string of the molecule is CNC(=O)c1nnc(CC2CCSC2)c2cc(-c3ccc(C)cc3)sc12. The molecule has 1 aromatic carbocycles. The van der Waals surface area contributed by atoms with Crippen molar-refractivity contribution in [3.05, 3.63) is 47.3 Å². The number of benzene rings is 1. The fourth-order valence-corrected chi connectivity index (χ4v) is 5.74. The smallest absolute Gasteiger partial charge is 0.273 e. The number of rotatable bonds is 4. The Labute approximate surface area is 161 Å². The molecular weight excluding hydrogens is 362 g/mol. The Balaban J connectivity index is 1.82. The number of amides is 1. The number of aromatic nitrogens is 2. The maximum absolute atomic E-state index is 12.3. The molecule has 1 atom stereocenters. The third kappa shape index (κ3) is 3.35. The van der Waals surface area contributed by atoms with Gasteiger partial charge in [-0.3, -0.25) is 4.79 Å². The number of carbonyl (C=O) groups excluding carboxylic acids is 1. The molecule has 1 saturated heterocycles. The van der Waals surface area contributed by atoms with E-state index < -0.39 is 0 Å². The van der Waals surface area contributed by atoms with Gasteiger partial charge in [0, 0.05) is 17.3 Å². The van der Waals surface area contributed by atoms with E-state index in [1.165, 1.54) is 29.1 Å². The fourth-order valence-electron chi connectivity index (χ4n) is 3.29. The summed E-state index contributed by atoms with van der Waals surface area (Å²) in [6.07, 6.45) is 2.18. The molecule has 0 aliphatic carbocycles. The molecule has 134 valence electrons. The minimum Gasteiger partial charge on any atom is -0.354 e. The van der Waals surface area contributed by atoms with Gasteiger partial charge in [-0.15, -0.1) is 16.4 Å². The predicted molar refractivity (Wildman–Crippen MR) is 110 cm³/mol. The lowest BCUT2D eigenvalue weighted by Crippen LogP contribution is -2.20. The summed E-state index contributed by atoms with van der Waals surface area (Å²) < 4.78 is 0.940. The molecule has 2 aromatic heterocycles. The van der Waals surface area contributed by atoms with Crippen LogP contribution in [0.15, 0.2) is 30.3 Å². The van der Waals surface area contributed by atoms with Gasteiger partial charge in [0.1, 0.15) is 0 Å². The highest BCUT2D eigenvalue weighted by atomic mass is 32.2. The first-order valence-corrected chi connectivity index (χ1v) is 10.8. The van der Waals surface area contributed by atoms with Gasteiger partial charge in [-0.1, -0.05) is 29.8 Å². The summed E-state index contributed by atoms with van der Waals surface area (Å²) in [6, 6.07) is 10.7. The van der Waals surface area contributed by atoms with Crippen molar-refractivity contribution in [2.75, 3.05) is 18.6 Å². The summed E-state index contributed by atoms with van der Waals surface area (Å²) in [4.78, 5) is 13.4. The standard InChI is InChI=1S/C20H21N3OS2/c1-12-3-5-14(6-4-12)17-10-15-16(9-13-7-8-25-11-13)22-23-18(19(15)26-17)20(24)21-2/h3-6,10,13H,7-9,11H2,1-2H3,(H,21,24). The maximum Gasteiger partial charge on any atom is 0.273 e. The quantitative estimate of drug-likeness (QED) is 0.729. The maximum atomic E-state index is 12.3. The molecule has 3 aromatic rings. The van der Waals surface area contributed by atoms with Crippen LogP contribution in [-0.4, -0.2) is 34.7 Å². The zero-order chi connectivity index (χ0) is 18.1. The molecule has 1 fully saturated rings. The van der Waals surface area contributed by atoms with Crippen LogP contribution in [0.25, 0.3) is 20.5 Å². The third-order valence-electron chi connectivity index (χ3n) is 4.81. The van der Waals surface area contributed by atoms with Gasteiger partial charge in [-0.2, -0.15) is 16.9 Å². The van der Waals surface area contributed by atoms with Crippen LogP contribution in [-0.2, 0) is 6.42 Å². The van der Waals surface area contributed by atoms with E-state index in [0.29, 0.717) is 11.6 Å². The van der Waals surface area contributed by atoms with E-state index in [4.69, 9.17) is 0 Å². The molecule has 0 saturated carbocycles. The second-order valence-corrected chi connectivity index (χ2v) is 8.93. The van der Waals surface area contributed by atoms with Crippen molar-refractivity contribution in [3.63, 3.8) is 0 Å². The molecule has 26 heavy (non-hydrogen) atoms. The first-order chi connectivity index (χ1) is 12.7. The lowest BCUT2D eigenvalue weighted by molar-refractivity contribution is 0.0959. The summed E-state index contributed by atoms with van der Waals surface area (Å²) in [5.41, 5.74) is 3.86. The molecule has 0 bridgehead atoms. The Hall–Kier alpha value is -1.92. The van der Waals surface area contributed by atoms with E-state index in [-0.39, 0.29) is 5.91 Å². The van der Waals surface area contributed by atoms with Gasteiger partial charge in [-0.05, 0) is 48.8 Å².